The second-order valence-corrected chi connectivity index (χ2v) is 8.48. The van der Waals surface area contributed by atoms with Crippen LogP contribution in [0, 0.1) is 12.3 Å². The van der Waals surface area contributed by atoms with Crippen molar-refractivity contribution in [2.75, 3.05) is 6.54 Å². The molecule has 1 aromatic heterocycles. The highest BCUT2D eigenvalue weighted by atomic mass is 32.2. The highest BCUT2D eigenvalue weighted by molar-refractivity contribution is 8.26. The van der Waals surface area contributed by atoms with Crippen LogP contribution in [0.4, 0.5) is 0 Å². The van der Waals surface area contributed by atoms with Gasteiger partial charge < -0.3 is 10.1 Å². The molecule has 2 aromatic carbocycles. The Kier molecular flexibility index (Phi) is 8.16. The van der Waals surface area contributed by atoms with Crippen molar-refractivity contribution in [3.63, 3.8) is 0 Å². The minimum absolute atomic E-state index is 0.130. The normalized spacial score (nSPS) is 10.4. The molecule has 0 bridgehead atoms. The highest BCUT2D eigenvalue weighted by Crippen LogP contribution is 2.20. The number of nitrogens with one attached hydrogen (secondary N) is 2. The zero-order valence-corrected chi connectivity index (χ0v) is 18.9. The standard InChI is InChI=1S/C25H25N3O3S/c1-17-14-19(15-23(28-17)20-6-4-3-5-7-20)16-31-22-10-8-21(9-11-22)25(30)27-13-12-24(26)32-18(2)29/h3-11,14-15,26H,12-13,16H2,1-2H3,(H,27,30). The van der Waals surface area contributed by atoms with Crippen molar-refractivity contribution < 1.29 is 14.3 Å². The second kappa shape index (κ2) is 11.2. The van der Waals surface area contributed by atoms with Crippen LogP contribution >= 0.6 is 11.8 Å². The number of aryl methyl sites for hydroxylation is 1. The van der Waals surface area contributed by atoms with Crippen LogP contribution < -0.4 is 10.1 Å². The van der Waals surface area contributed by atoms with Crippen molar-refractivity contribution in [2.45, 2.75) is 26.9 Å². The molecule has 6 nitrogen and oxygen atoms in total. The number of aromatic nitrogens is 1. The Morgan fingerprint density at radius 1 is 1.06 bits per heavy atom. The van der Waals surface area contributed by atoms with Crippen LogP contribution in [0.15, 0.2) is 66.7 Å². The number of nitrogens with zero attached hydrogens (tertiary/aromatic N) is 1. The molecule has 0 aliphatic heterocycles. The van der Waals surface area contributed by atoms with Gasteiger partial charge in [-0.25, -0.2) is 0 Å². The van der Waals surface area contributed by atoms with Crippen LogP contribution in [0.5, 0.6) is 5.75 Å². The van der Waals surface area contributed by atoms with Gasteiger partial charge in [0, 0.05) is 36.7 Å². The Hall–Kier alpha value is -3.45. The molecular weight excluding hydrogens is 422 g/mol. The molecule has 0 unspecified atom stereocenters. The van der Waals surface area contributed by atoms with E-state index >= 15 is 0 Å². The maximum atomic E-state index is 12.2. The van der Waals surface area contributed by atoms with E-state index in [1.54, 1.807) is 24.3 Å². The molecule has 0 aliphatic carbocycles. The first-order chi connectivity index (χ1) is 15.4. The number of rotatable bonds is 8. The summed E-state index contributed by atoms with van der Waals surface area (Å²) in [5, 5.41) is 10.5. The van der Waals surface area contributed by atoms with Crippen LogP contribution in [0.3, 0.4) is 0 Å². The Morgan fingerprint density at radius 3 is 2.47 bits per heavy atom. The van der Waals surface area contributed by atoms with Crippen LogP contribution in [0.2, 0.25) is 0 Å². The van der Waals surface area contributed by atoms with Crippen LogP contribution in [-0.4, -0.2) is 27.6 Å². The minimum atomic E-state index is -0.227. The van der Waals surface area contributed by atoms with Crippen LogP contribution in [0.1, 0.15) is 35.0 Å². The van der Waals surface area contributed by atoms with E-state index in [1.807, 2.05) is 49.4 Å². The predicted molar refractivity (Wildman–Crippen MR) is 128 cm³/mol. The third kappa shape index (κ3) is 7.06. The van der Waals surface area contributed by atoms with Crippen molar-refractivity contribution in [2.24, 2.45) is 0 Å². The van der Waals surface area contributed by atoms with Gasteiger partial charge in [-0.1, -0.05) is 30.3 Å². The van der Waals surface area contributed by atoms with Gasteiger partial charge in [0.15, 0.2) is 5.12 Å². The summed E-state index contributed by atoms with van der Waals surface area (Å²) in [7, 11) is 0. The quantitative estimate of drug-likeness (QED) is 0.374. The zero-order chi connectivity index (χ0) is 22.9. The monoisotopic (exact) mass is 447 g/mol. The number of pyridine rings is 1. The summed E-state index contributed by atoms with van der Waals surface area (Å²) in [6.45, 7) is 4.08. The van der Waals surface area contributed by atoms with Gasteiger partial charge in [0.05, 0.1) is 10.7 Å². The molecule has 0 atom stereocenters. The Bertz CT molecular complexity index is 1100. The molecule has 0 radical (unpaired) electrons. The molecule has 0 aliphatic rings. The summed E-state index contributed by atoms with van der Waals surface area (Å²) in [6, 6.07) is 21.0. The Morgan fingerprint density at radius 2 is 1.78 bits per heavy atom. The number of benzene rings is 2. The molecular formula is C25H25N3O3S. The predicted octanol–water partition coefficient (Wildman–Crippen LogP) is 5.01. The Balaban J connectivity index is 1.54. The topological polar surface area (TPSA) is 92.1 Å². The van der Waals surface area contributed by atoms with Crippen LogP contribution in [-0.2, 0) is 11.4 Å². The van der Waals surface area contributed by atoms with Gasteiger partial charge in [-0.3, -0.25) is 20.0 Å². The third-order valence-electron chi connectivity index (χ3n) is 4.51. The van der Waals surface area contributed by atoms with E-state index < -0.39 is 0 Å². The van der Waals surface area contributed by atoms with Gasteiger partial charge in [0.25, 0.3) is 5.91 Å². The number of carbonyl (C=O) groups is 2. The van der Waals surface area contributed by atoms with Crippen molar-refractivity contribution in [3.8, 4) is 17.0 Å². The lowest BCUT2D eigenvalue weighted by molar-refractivity contribution is -0.109. The van der Waals surface area contributed by atoms with Gasteiger partial charge in [0.2, 0.25) is 0 Å². The maximum absolute atomic E-state index is 12.2. The summed E-state index contributed by atoms with van der Waals surface area (Å²) in [4.78, 5) is 27.8. The molecule has 0 saturated carbocycles. The van der Waals surface area contributed by atoms with Crippen molar-refractivity contribution in [3.05, 3.63) is 83.6 Å². The lowest BCUT2D eigenvalue weighted by Crippen LogP contribution is -2.25. The summed E-state index contributed by atoms with van der Waals surface area (Å²) >= 11 is 0.880. The zero-order valence-electron chi connectivity index (χ0n) is 18.1. The van der Waals surface area contributed by atoms with Gasteiger partial charge >= 0.3 is 0 Å². The molecule has 32 heavy (non-hydrogen) atoms. The highest BCUT2D eigenvalue weighted by Gasteiger charge is 2.08. The van der Waals surface area contributed by atoms with E-state index in [2.05, 4.69) is 10.3 Å². The lowest BCUT2D eigenvalue weighted by Gasteiger charge is -2.10. The number of amides is 1. The van der Waals surface area contributed by atoms with Gasteiger partial charge in [-0.15, -0.1) is 0 Å². The molecule has 0 saturated heterocycles. The number of ether oxygens (including phenoxy) is 1. The van der Waals surface area contributed by atoms with E-state index in [-0.39, 0.29) is 16.1 Å². The smallest absolute Gasteiger partial charge is 0.251 e. The molecule has 164 valence electrons. The second-order valence-electron chi connectivity index (χ2n) is 7.20. The van der Waals surface area contributed by atoms with Crippen molar-refractivity contribution in [1.82, 2.24) is 10.3 Å². The first kappa shape index (κ1) is 23.2. The Labute approximate surface area is 191 Å². The third-order valence-corrected chi connectivity index (χ3v) is 5.25. The molecule has 0 fully saturated rings. The largest absolute Gasteiger partial charge is 0.489 e. The molecule has 0 spiro atoms. The fourth-order valence-electron chi connectivity index (χ4n) is 3.07. The average Bonchev–Trinajstić information content (AvgIpc) is 2.77. The maximum Gasteiger partial charge on any atom is 0.251 e. The van der Waals surface area contributed by atoms with Gasteiger partial charge in [0.1, 0.15) is 12.4 Å². The van der Waals surface area contributed by atoms with Gasteiger partial charge in [-0.05, 0) is 60.6 Å². The van der Waals surface area contributed by atoms with Crippen molar-refractivity contribution >= 4 is 27.8 Å². The lowest BCUT2D eigenvalue weighted by atomic mass is 10.1. The van der Waals surface area contributed by atoms with E-state index in [4.69, 9.17) is 10.1 Å². The fraction of sp³-hybridized carbons (Fsp3) is 0.200. The molecule has 1 amide bonds. The summed E-state index contributed by atoms with van der Waals surface area (Å²) in [5.74, 6) is 0.436. The van der Waals surface area contributed by atoms with E-state index in [0.717, 1.165) is 34.3 Å². The number of hydrogen-bond acceptors (Lipinski definition) is 6. The SMILES string of the molecule is CC(=O)SC(=N)CCNC(=O)c1ccc(OCc2cc(C)nc(-c3ccccc3)c2)cc1. The van der Waals surface area contributed by atoms with E-state index in [9.17, 15) is 9.59 Å². The molecule has 1 heterocycles. The van der Waals surface area contributed by atoms with Gasteiger partial charge in [-0.2, -0.15) is 0 Å². The van der Waals surface area contributed by atoms with Crippen LogP contribution in [0.25, 0.3) is 11.3 Å². The molecule has 7 heteroatoms. The van der Waals surface area contributed by atoms with E-state index in [0.29, 0.717) is 30.9 Å². The average molecular weight is 448 g/mol. The summed E-state index contributed by atoms with van der Waals surface area (Å²) in [5.41, 5.74) is 4.42. The summed E-state index contributed by atoms with van der Waals surface area (Å²) < 4.78 is 5.90. The first-order valence-electron chi connectivity index (χ1n) is 10.2. The summed E-state index contributed by atoms with van der Waals surface area (Å²) in [6.07, 6.45) is 0.327. The number of carbonyl (C=O) groups excluding carboxylic acids is 2. The first-order valence-corrected chi connectivity index (χ1v) is 11.0. The number of hydrogen-bond donors (Lipinski definition) is 2. The fourth-order valence-corrected chi connectivity index (χ4v) is 3.62. The molecule has 2 N–H and O–H groups in total. The molecule has 3 aromatic rings. The van der Waals surface area contributed by atoms with E-state index in [1.165, 1.54) is 6.92 Å². The molecule has 3 rings (SSSR count). The minimum Gasteiger partial charge on any atom is -0.489 e. The number of thioether (sulfide) groups is 1. The van der Waals surface area contributed by atoms with Crippen molar-refractivity contribution in [1.29, 1.82) is 5.41 Å².